The van der Waals surface area contributed by atoms with Crippen LogP contribution in [-0.2, 0) is 11.3 Å². The lowest BCUT2D eigenvalue weighted by Gasteiger charge is -2.13. The zero-order chi connectivity index (χ0) is 21.5. The summed E-state index contributed by atoms with van der Waals surface area (Å²) in [5, 5.41) is 12.6. The summed E-state index contributed by atoms with van der Waals surface area (Å²) in [6.45, 7) is 1.52. The number of hydrogen-bond acceptors (Lipinski definition) is 6. The molecule has 0 fully saturated rings. The van der Waals surface area contributed by atoms with Gasteiger partial charge in [0, 0.05) is 11.8 Å². The molecule has 8 nitrogen and oxygen atoms in total. The zero-order valence-corrected chi connectivity index (χ0v) is 16.3. The lowest BCUT2D eigenvalue weighted by atomic mass is 10.1. The molecule has 8 heteroatoms. The highest BCUT2D eigenvalue weighted by atomic mass is 16.5. The van der Waals surface area contributed by atoms with E-state index in [-0.39, 0.29) is 24.9 Å². The van der Waals surface area contributed by atoms with Gasteiger partial charge in [0.1, 0.15) is 18.5 Å². The van der Waals surface area contributed by atoms with Crippen molar-refractivity contribution in [3.63, 3.8) is 0 Å². The summed E-state index contributed by atoms with van der Waals surface area (Å²) in [7, 11) is 0. The van der Waals surface area contributed by atoms with Crippen LogP contribution in [0.3, 0.4) is 0 Å². The fraction of sp³-hybridized carbons (Fsp3) is 0.182. The standard InChI is InChI=1S/C22H21N3O5/c1-15-7-9-17(10-8-15)21(28)30-14-18(26)13-25-12-11-19(24-22(25)29)23-20(27)16-5-3-2-4-6-16/h2-12,18,26H,13-14H2,1H3,(H,23,24,27,29). The largest absolute Gasteiger partial charge is 0.459 e. The lowest BCUT2D eigenvalue weighted by Crippen LogP contribution is -2.31. The maximum atomic E-state index is 12.2. The molecule has 1 unspecified atom stereocenters. The molecule has 1 atom stereocenters. The third-order valence-electron chi connectivity index (χ3n) is 4.25. The van der Waals surface area contributed by atoms with Crippen molar-refractivity contribution in [2.24, 2.45) is 0 Å². The predicted molar refractivity (Wildman–Crippen MR) is 110 cm³/mol. The molecule has 0 aliphatic rings. The Balaban J connectivity index is 1.55. The molecule has 0 bridgehead atoms. The third kappa shape index (κ3) is 5.62. The Morgan fingerprint density at radius 1 is 1.07 bits per heavy atom. The van der Waals surface area contributed by atoms with Gasteiger partial charge in [-0.05, 0) is 37.3 Å². The Bertz CT molecular complexity index is 1080. The monoisotopic (exact) mass is 407 g/mol. The molecule has 1 amide bonds. The van der Waals surface area contributed by atoms with Gasteiger partial charge in [-0.2, -0.15) is 4.98 Å². The molecule has 0 spiro atoms. The maximum Gasteiger partial charge on any atom is 0.349 e. The van der Waals surface area contributed by atoms with Crippen LogP contribution in [0, 0.1) is 6.92 Å². The van der Waals surface area contributed by atoms with E-state index < -0.39 is 17.8 Å². The molecule has 2 N–H and O–H groups in total. The zero-order valence-electron chi connectivity index (χ0n) is 16.3. The first-order chi connectivity index (χ1) is 14.4. The van der Waals surface area contributed by atoms with Gasteiger partial charge in [0.25, 0.3) is 5.91 Å². The Morgan fingerprint density at radius 2 is 1.77 bits per heavy atom. The normalized spacial score (nSPS) is 11.5. The number of hydrogen-bond donors (Lipinski definition) is 2. The number of carbonyl (C=O) groups is 2. The number of aromatic nitrogens is 2. The number of amides is 1. The van der Waals surface area contributed by atoms with Crippen molar-refractivity contribution in [1.82, 2.24) is 9.55 Å². The van der Waals surface area contributed by atoms with E-state index in [1.807, 2.05) is 6.92 Å². The van der Waals surface area contributed by atoms with Crippen LogP contribution in [0.2, 0.25) is 0 Å². The molecule has 0 aliphatic carbocycles. The number of nitrogens with zero attached hydrogens (tertiary/aromatic N) is 2. The summed E-state index contributed by atoms with van der Waals surface area (Å²) < 4.78 is 6.25. The molecule has 0 saturated carbocycles. The van der Waals surface area contributed by atoms with Crippen LogP contribution in [0.5, 0.6) is 0 Å². The second-order valence-electron chi connectivity index (χ2n) is 6.69. The smallest absolute Gasteiger partial charge is 0.349 e. The Hall–Kier alpha value is -3.78. The number of ether oxygens (including phenoxy) is 1. The van der Waals surface area contributed by atoms with Crippen LogP contribution >= 0.6 is 0 Å². The van der Waals surface area contributed by atoms with Gasteiger partial charge in [-0.1, -0.05) is 35.9 Å². The molecule has 154 valence electrons. The van der Waals surface area contributed by atoms with Crippen LogP contribution in [0.25, 0.3) is 0 Å². The van der Waals surface area contributed by atoms with E-state index in [0.29, 0.717) is 11.1 Å². The van der Waals surface area contributed by atoms with Gasteiger partial charge in [-0.15, -0.1) is 0 Å². The first kappa shape index (κ1) is 20.9. The fourth-order valence-corrected chi connectivity index (χ4v) is 2.64. The second kappa shape index (κ2) is 9.62. The molecule has 2 aromatic carbocycles. The summed E-state index contributed by atoms with van der Waals surface area (Å²) >= 11 is 0. The van der Waals surface area contributed by atoms with Crippen LogP contribution in [0.4, 0.5) is 5.82 Å². The molecular weight excluding hydrogens is 386 g/mol. The summed E-state index contributed by atoms with van der Waals surface area (Å²) in [6.07, 6.45) is 0.310. The van der Waals surface area contributed by atoms with Gasteiger partial charge in [0.2, 0.25) is 0 Å². The van der Waals surface area contributed by atoms with E-state index in [2.05, 4.69) is 10.3 Å². The van der Waals surface area contributed by atoms with Gasteiger partial charge in [0.05, 0.1) is 12.1 Å². The fourth-order valence-electron chi connectivity index (χ4n) is 2.64. The van der Waals surface area contributed by atoms with Crippen LogP contribution in [-0.4, -0.2) is 39.2 Å². The summed E-state index contributed by atoms with van der Waals surface area (Å²) in [5.41, 5.74) is 1.19. The molecule has 0 radical (unpaired) electrons. The maximum absolute atomic E-state index is 12.2. The van der Waals surface area contributed by atoms with E-state index >= 15 is 0 Å². The SMILES string of the molecule is Cc1ccc(C(=O)OCC(O)Cn2ccc(NC(=O)c3ccccc3)nc2=O)cc1. The van der Waals surface area contributed by atoms with Crippen molar-refractivity contribution in [2.45, 2.75) is 19.6 Å². The molecule has 0 saturated heterocycles. The number of benzene rings is 2. The first-order valence-electron chi connectivity index (χ1n) is 9.28. The lowest BCUT2D eigenvalue weighted by molar-refractivity contribution is 0.0214. The average molecular weight is 407 g/mol. The summed E-state index contributed by atoms with van der Waals surface area (Å²) in [6, 6.07) is 16.8. The van der Waals surface area contributed by atoms with Gasteiger partial charge in [-0.3, -0.25) is 9.36 Å². The highest BCUT2D eigenvalue weighted by Crippen LogP contribution is 2.07. The Kier molecular flexibility index (Phi) is 6.71. The van der Waals surface area contributed by atoms with Crippen LogP contribution < -0.4 is 11.0 Å². The van der Waals surface area contributed by atoms with Crippen molar-refractivity contribution >= 4 is 17.7 Å². The Morgan fingerprint density at radius 3 is 2.43 bits per heavy atom. The summed E-state index contributed by atoms with van der Waals surface area (Å²) in [5.74, 6) is -0.841. The van der Waals surface area contributed by atoms with Crippen molar-refractivity contribution in [2.75, 3.05) is 11.9 Å². The number of anilines is 1. The molecule has 30 heavy (non-hydrogen) atoms. The average Bonchev–Trinajstić information content (AvgIpc) is 2.75. The topological polar surface area (TPSA) is 111 Å². The number of esters is 1. The minimum absolute atomic E-state index is 0.102. The number of aliphatic hydroxyl groups is 1. The van der Waals surface area contributed by atoms with Gasteiger partial charge in [0.15, 0.2) is 0 Å². The van der Waals surface area contributed by atoms with Crippen LogP contribution in [0.15, 0.2) is 71.7 Å². The molecule has 0 aliphatic heterocycles. The second-order valence-corrected chi connectivity index (χ2v) is 6.69. The van der Waals surface area contributed by atoms with E-state index in [1.54, 1.807) is 54.6 Å². The predicted octanol–water partition coefficient (Wildman–Crippen LogP) is 2.02. The van der Waals surface area contributed by atoms with Crippen molar-refractivity contribution < 1.29 is 19.4 Å². The minimum Gasteiger partial charge on any atom is -0.459 e. The van der Waals surface area contributed by atoms with E-state index in [0.717, 1.165) is 5.56 Å². The first-order valence-corrected chi connectivity index (χ1v) is 9.28. The molecule has 1 aromatic heterocycles. The van der Waals surface area contributed by atoms with Crippen LogP contribution in [0.1, 0.15) is 26.3 Å². The molecule has 3 aromatic rings. The highest BCUT2D eigenvalue weighted by molar-refractivity contribution is 6.03. The molecule has 3 rings (SSSR count). The summed E-state index contributed by atoms with van der Waals surface area (Å²) in [4.78, 5) is 40.1. The molecule has 1 heterocycles. The number of carbonyl (C=O) groups excluding carboxylic acids is 2. The quantitative estimate of drug-likeness (QED) is 0.580. The van der Waals surface area contributed by atoms with Crippen molar-refractivity contribution in [3.05, 3.63) is 94.0 Å². The van der Waals surface area contributed by atoms with Crippen molar-refractivity contribution in [3.8, 4) is 0 Å². The van der Waals surface area contributed by atoms with Crippen molar-refractivity contribution in [1.29, 1.82) is 0 Å². The number of aryl methyl sites for hydroxylation is 1. The highest BCUT2D eigenvalue weighted by Gasteiger charge is 2.13. The molecular formula is C22H21N3O5. The Labute approximate surface area is 172 Å². The minimum atomic E-state index is -1.09. The van der Waals surface area contributed by atoms with E-state index in [9.17, 15) is 19.5 Å². The van der Waals surface area contributed by atoms with Gasteiger partial charge >= 0.3 is 11.7 Å². The van der Waals surface area contributed by atoms with E-state index in [1.165, 1.54) is 16.8 Å². The van der Waals surface area contributed by atoms with E-state index in [4.69, 9.17) is 4.74 Å². The third-order valence-corrected chi connectivity index (χ3v) is 4.25. The van der Waals surface area contributed by atoms with Gasteiger partial charge in [-0.25, -0.2) is 9.59 Å². The number of aliphatic hydroxyl groups excluding tert-OH is 1. The number of rotatable bonds is 7. The van der Waals surface area contributed by atoms with Gasteiger partial charge < -0.3 is 15.2 Å². The number of nitrogens with one attached hydrogen (secondary N) is 1.